The first-order valence-electron chi connectivity index (χ1n) is 8.69. The number of hydrogen-bond acceptors (Lipinski definition) is 2. The molecule has 1 fully saturated rings. The molecule has 1 aliphatic carbocycles. The first-order valence-corrected chi connectivity index (χ1v) is 8.69. The summed E-state index contributed by atoms with van der Waals surface area (Å²) >= 11 is 0. The molecule has 0 aliphatic heterocycles. The van der Waals surface area contributed by atoms with Crippen LogP contribution in [-0.2, 0) is 0 Å². The smallest absolute Gasteiger partial charge is 0.273 e. The van der Waals surface area contributed by atoms with Crippen LogP contribution in [0, 0.1) is 0 Å². The Balaban J connectivity index is 1.84. The zero-order valence-electron chi connectivity index (χ0n) is 14.0. The summed E-state index contributed by atoms with van der Waals surface area (Å²) in [6, 6.07) is 19.6. The van der Waals surface area contributed by atoms with Crippen LogP contribution in [0.3, 0.4) is 0 Å². The van der Waals surface area contributed by atoms with Gasteiger partial charge in [-0.15, -0.1) is 0 Å². The van der Waals surface area contributed by atoms with Crippen molar-refractivity contribution in [2.45, 2.75) is 31.7 Å². The highest BCUT2D eigenvalue weighted by Crippen LogP contribution is 2.31. The second-order valence-corrected chi connectivity index (χ2v) is 6.50. The normalized spacial score (nSPS) is 14.9. The molecular weight excluding hydrogens is 296 g/mol. The van der Waals surface area contributed by atoms with E-state index in [9.17, 15) is 0 Å². The van der Waals surface area contributed by atoms with Crippen LogP contribution in [0.1, 0.15) is 25.7 Å². The van der Waals surface area contributed by atoms with Crippen LogP contribution in [0.15, 0.2) is 54.6 Å². The predicted octanol–water partition coefficient (Wildman–Crippen LogP) is 4.68. The predicted molar refractivity (Wildman–Crippen MR) is 98.4 cm³/mol. The summed E-state index contributed by atoms with van der Waals surface area (Å²) < 4.78 is 5.40. The lowest BCUT2D eigenvalue weighted by molar-refractivity contribution is -0.327. The molecule has 0 amide bonds. The number of aromatic amines is 1. The van der Waals surface area contributed by atoms with Crippen molar-refractivity contribution in [3.8, 4) is 16.9 Å². The van der Waals surface area contributed by atoms with E-state index in [-0.39, 0.29) is 0 Å². The van der Waals surface area contributed by atoms with Crippen LogP contribution in [0.2, 0.25) is 0 Å². The summed E-state index contributed by atoms with van der Waals surface area (Å²) in [5.41, 5.74) is 3.57. The van der Waals surface area contributed by atoms with E-state index in [4.69, 9.17) is 4.74 Å². The van der Waals surface area contributed by atoms with Crippen molar-refractivity contribution < 1.29 is 9.72 Å². The minimum absolute atomic E-state index is 0.577. The SMILES string of the molecule is COc1ccc2c(-c3ccccc3)cc(NC3CCCC3)[nH+]c2c1. The summed E-state index contributed by atoms with van der Waals surface area (Å²) in [5.74, 6) is 1.96. The Labute approximate surface area is 142 Å². The van der Waals surface area contributed by atoms with Crippen molar-refractivity contribution in [3.63, 3.8) is 0 Å². The zero-order chi connectivity index (χ0) is 16.4. The molecule has 3 aromatic rings. The van der Waals surface area contributed by atoms with E-state index in [0.29, 0.717) is 6.04 Å². The molecule has 0 atom stereocenters. The highest BCUT2D eigenvalue weighted by atomic mass is 16.5. The molecule has 1 aromatic heterocycles. The lowest BCUT2D eigenvalue weighted by Crippen LogP contribution is -2.22. The molecule has 0 unspecified atom stereocenters. The Kier molecular flexibility index (Phi) is 4.08. The molecule has 0 bridgehead atoms. The Morgan fingerprint density at radius 1 is 1.00 bits per heavy atom. The molecule has 122 valence electrons. The maximum absolute atomic E-state index is 5.40. The van der Waals surface area contributed by atoms with Crippen molar-refractivity contribution >= 4 is 16.7 Å². The van der Waals surface area contributed by atoms with Gasteiger partial charge < -0.3 is 4.74 Å². The lowest BCUT2D eigenvalue weighted by Gasteiger charge is -2.11. The average molecular weight is 319 g/mol. The molecule has 3 heteroatoms. The van der Waals surface area contributed by atoms with Crippen molar-refractivity contribution in [3.05, 3.63) is 54.6 Å². The Bertz CT molecular complexity index is 839. The Morgan fingerprint density at radius 2 is 1.79 bits per heavy atom. The number of nitrogens with one attached hydrogen (secondary N) is 2. The number of benzene rings is 2. The van der Waals surface area contributed by atoms with E-state index in [1.54, 1.807) is 7.11 Å². The molecule has 1 saturated carbocycles. The van der Waals surface area contributed by atoms with Crippen LogP contribution in [0.4, 0.5) is 5.82 Å². The number of rotatable bonds is 4. The van der Waals surface area contributed by atoms with Gasteiger partial charge in [0.05, 0.1) is 13.2 Å². The molecule has 1 heterocycles. The molecular formula is C21H23N2O+. The van der Waals surface area contributed by atoms with Gasteiger partial charge >= 0.3 is 0 Å². The monoisotopic (exact) mass is 319 g/mol. The first-order chi connectivity index (χ1) is 11.8. The average Bonchev–Trinajstić information content (AvgIpc) is 3.14. The summed E-state index contributed by atoms with van der Waals surface area (Å²) in [4.78, 5) is 3.55. The number of ether oxygens (including phenoxy) is 1. The maximum Gasteiger partial charge on any atom is 0.273 e. The minimum Gasteiger partial charge on any atom is -0.497 e. The number of aromatic nitrogens is 1. The van der Waals surface area contributed by atoms with Crippen molar-refractivity contribution in [1.82, 2.24) is 0 Å². The minimum atomic E-state index is 0.577. The van der Waals surface area contributed by atoms with E-state index in [0.717, 1.165) is 17.1 Å². The Morgan fingerprint density at radius 3 is 2.54 bits per heavy atom. The summed E-state index contributed by atoms with van der Waals surface area (Å²) in [5, 5.41) is 4.89. The highest BCUT2D eigenvalue weighted by Gasteiger charge is 2.21. The van der Waals surface area contributed by atoms with Crippen molar-refractivity contribution in [2.75, 3.05) is 12.4 Å². The van der Waals surface area contributed by atoms with E-state index in [2.05, 4.69) is 58.8 Å². The number of anilines is 1. The standard InChI is InChI=1S/C21H22N2O/c1-24-17-11-12-18-19(15-7-3-2-4-8-15)14-21(23-20(18)13-17)22-16-9-5-6-10-16/h2-4,7-8,11-14,16H,5-6,9-10H2,1H3,(H,22,23)/p+1. The molecule has 24 heavy (non-hydrogen) atoms. The van der Waals surface area contributed by atoms with E-state index < -0.39 is 0 Å². The number of pyridine rings is 1. The number of fused-ring (bicyclic) bond motifs is 1. The van der Waals surface area contributed by atoms with Crippen LogP contribution in [0.5, 0.6) is 5.75 Å². The van der Waals surface area contributed by atoms with Gasteiger partial charge in [-0.3, -0.25) is 5.32 Å². The fourth-order valence-corrected chi connectivity index (χ4v) is 3.62. The van der Waals surface area contributed by atoms with Gasteiger partial charge in [0, 0.05) is 23.1 Å². The van der Waals surface area contributed by atoms with Crippen LogP contribution in [-0.4, -0.2) is 13.2 Å². The fourth-order valence-electron chi connectivity index (χ4n) is 3.62. The van der Waals surface area contributed by atoms with Gasteiger partial charge in [-0.05, 0) is 43.4 Å². The molecule has 1 aliphatic rings. The van der Waals surface area contributed by atoms with Gasteiger partial charge in [0.25, 0.3) is 5.82 Å². The van der Waals surface area contributed by atoms with Crippen LogP contribution < -0.4 is 15.0 Å². The van der Waals surface area contributed by atoms with Crippen LogP contribution >= 0.6 is 0 Å². The third kappa shape index (κ3) is 2.94. The van der Waals surface area contributed by atoms with Gasteiger partial charge in [0.2, 0.25) is 0 Å². The molecule has 0 radical (unpaired) electrons. The van der Waals surface area contributed by atoms with Gasteiger partial charge in [-0.25, -0.2) is 4.98 Å². The first kappa shape index (κ1) is 15.0. The van der Waals surface area contributed by atoms with Crippen LogP contribution in [0.25, 0.3) is 22.0 Å². The summed E-state index contributed by atoms with van der Waals surface area (Å²) in [7, 11) is 1.71. The van der Waals surface area contributed by atoms with E-state index >= 15 is 0 Å². The van der Waals surface area contributed by atoms with E-state index in [1.807, 2.05) is 6.07 Å². The molecule has 2 N–H and O–H groups in total. The third-order valence-electron chi connectivity index (χ3n) is 4.87. The number of H-pyrrole nitrogens is 1. The van der Waals surface area contributed by atoms with Gasteiger partial charge in [-0.2, -0.15) is 0 Å². The van der Waals surface area contributed by atoms with Crippen molar-refractivity contribution in [1.29, 1.82) is 0 Å². The van der Waals surface area contributed by atoms with Crippen molar-refractivity contribution in [2.24, 2.45) is 0 Å². The highest BCUT2D eigenvalue weighted by molar-refractivity contribution is 5.94. The van der Waals surface area contributed by atoms with Gasteiger partial charge in [-0.1, -0.05) is 30.3 Å². The second kappa shape index (κ2) is 6.52. The second-order valence-electron chi connectivity index (χ2n) is 6.50. The van der Waals surface area contributed by atoms with Gasteiger partial charge in [0.15, 0.2) is 0 Å². The largest absolute Gasteiger partial charge is 0.497 e. The molecule has 3 nitrogen and oxygen atoms in total. The molecule has 4 rings (SSSR count). The fraction of sp³-hybridized carbons (Fsp3) is 0.286. The quantitative estimate of drug-likeness (QED) is 0.757. The topological polar surface area (TPSA) is 35.4 Å². The van der Waals surface area contributed by atoms with Gasteiger partial charge in [0.1, 0.15) is 11.3 Å². The lowest BCUT2D eigenvalue weighted by atomic mass is 10.0. The third-order valence-corrected chi connectivity index (χ3v) is 4.87. The summed E-state index contributed by atoms with van der Waals surface area (Å²) in [6.07, 6.45) is 5.16. The zero-order valence-corrected chi connectivity index (χ0v) is 14.0. The molecule has 2 aromatic carbocycles. The maximum atomic E-state index is 5.40. The molecule has 0 spiro atoms. The summed E-state index contributed by atoms with van der Waals surface area (Å²) in [6.45, 7) is 0. The Hall–Kier alpha value is -2.55. The number of hydrogen-bond donors (Lipinski definition) is 1. The molecule has 0 saturated heterocycles. The van der Waals surface area contributed by atoms with E-state index in [1.165, 1.54) is 42.2 Å². The number of methoxy groups -OCH3 is 1.